The zero-order valence-corrected chi connectivity index (χ0v) is 11.6. The molecule has 1 aromatic heterocycles. The van der Waals surface area contributed by atoms with Crippen LogP contribution >= 0.6 is 23.2 Å². The third kappa shape index (κ3) is 3.69. The van der Waals surface area contributed by atoms with Crippen LogP contribution < -0.4 is 10.1 Å². The van der Waals surface area contributed by atoms with Gasteiger partial charge >= 0.3 is 0 Å². The van der Waals surface area contributed by atoms with E-state index < -0.39 is 0 Å². The summed E-state index contributed by atoms with van der Waals surface area (Å²) < 4.78 is 5.50. The number of anilines is 1. The van der Waals surface area contributed by atoms with Crippen molar-refractivity contribution in [1.29, 1.82) is 0 Å². The van der Waals surface area contributed by atoms with Crippen LogP contribution in [0.4, 0.5) is 5.69 Å². The lowest BCUT2D eigenvalue weighted by atomic mass is 10.3. The van der Waals surface area contributed by atoms with Crippen LogP contribution in [0, 0.1) is 0 Å². The van der Waals surface area contributed by atoms with E-state index in [4.69, 9.17) is 27.9 Å². The van der Waals surface area contributed by atoms with Crippen molar-refractivity contribution >= 4 is 34.8 Å². The maximum Gasteiger partial charge on any atom is 0.247 e. The highest BCUT2D eigenvalue weighted by Gasteiger charge is 2.08. The Morgan fingerprint density at radius 3 is 2.95 bits per heavy atom. The van der Waals surface area contributed by atoms with Gasteiger partial charge in [-0.1, -0.05) is 24.2 Å². The molecule has 0 bridgehead atoms. The van der Waals surface area contributed by atoms with E-state index in [1.54, 1.807) is 24.3 Å². The maximum absolute atomic E-state index is 11.2. The quantitative estimate of drug-likeness (QED) is 0.691. The minimum atomic E-state index is -0.315. The van der Waals surface area contributed by atoms with Gasteiger partial charge in [0.25, 0.3) is 0 Å². The van der Waals surface area contributed by atoms with Crippen LogP contribution in [-0.2, 0) is 4.79 Å². The Bertz CT molecular complexity index is 662. The van der Waals surface area contributed by atoms with Gasteiger partial charge in [-0.15, -0.1) is 0 Å². The third-order valence-corrected chi connectivity index (χ3v) is 2.63. The minimum Gasteiger partial charge on any atom is -0.437 e. The fourth-order valence-corrected chi connectivity index (χ4v) is 1.60. The second kappa shape index (κ2) is 6.36. The van der Waals surface area contributed by atoms with Crippen molar-refractivity contribution in [3.63, 3.8) is 0 Å². The number of hydrogen-bond donors (Lipinski definition) is 1. The van der Waals surface area contributed by atoms with Crippen molar-refractivity contribution in [3.8, 4) is 11.6 Å². The van der Waals surface area contributed by atoms with E-state index in [0.717, 1.165) is 0 Å². The lowest BCUT2D eigenvalue weighted by molar-refractivity contribution is -0.111. The fraction of sp³-hybridized carbons (Fsp3) is 0. The average Bonchev–Trinajstić information content (AvgIpc) is 2.43. The second-order valence-electron chi connectivity index (χ2n) is 3.62. The van der Waals surface area contributed by atoms with E-state index in [2.05, 4.69) is 21.9 Å². The first-order valence-corrected chi connectivity index (χ1v) is 6.23. The number of benzene rings is 1. The van der Waals surface area contributed by atoms with Gasteiger partial charge in [-0.05, 0) is 29.8 Å². The Morgan fingerprint density at radius 1 is 1.40 bits per heavy atom. The first-order chi connectivity index (χ1) is 9.58. The van der Waals surface area contributed by atoms with Crippen molar-refractivity contribution in [3.05, 3.63) is 53.4 Å². The molecule has 7 heteroatoms. The molecule has 0 spiro atoms. The van der Waals surface area contributed by atoms with Gasteiger partial charge in [0.1, 0.15) is 10.8 Å². The third-order valence-electron chi connectivity index (χ3n) is 2.18. The molecule has 0 fully saturated rings. The summed E-state index contributed by atoms with van der Waals surface area (Å²) in [7, 11) is 0. The highest BCUT2D eigenvalue weighted by atomic mass is 35.5. The molecule has 1 heterocycles. The van der Waals surface area contributed by atoms with E-state index in [1.807, 2.05) is 0 Å². The van der Waals surface area contributed by atoms with Gasteiger partial charge in [-0.2, -0.15) is 4.98 Å². The Labute approximate surface area is 125 Å². The number of carbonyl (C=O) groups is 1. The number of aromatic nitrogens is 2. The number of halogens is 2. The van der Waals surface area contributed by atoms with Gasteiger partial charge in [-0.25, -0.2) is 4.98 Å². The Balaban J connectivity index is 2.21. The molecule has 0 saturated carbocycles. The van der Waals surface area contributed by atoms with Crippen LogP contribution in [0.2, 0.25) is 10.3 Å². The largest absolute Gasteiger partial charge is 0.437 e. The van der Waals surface area contributed by atoms with Gasteiger partial charge in [-0.3, -0.25) is 4.79 Å². The number of amides is 1. The predicted octanol–water partition coefficient (Wildman–Crippen LogP) is 3.70. The number of nitrogens with one attached hydrogen (secondary N) is 1. The molecule has 102 valence electrons. The molecule has 5 nitrogen and oxygen atoms in total. The van der Waals surface area contributed by atoms with Gasteiger partial charge in [0.2, 0.25) is 17.1 Å². The van der Waals surface area contributed by atoms with Crippen LogP contribution in [0.1, 0.15) is 0 Å². The zero-order valence-electron chi connectivity index (χ0n) is 10.1. The summed E-state index contributed by atoms with van der Waals surface area (Å²) in [6.45, 7) is 3.38. The monoisotopic (exact) mass is 309 g/mol. The van der Waals surface area contributed by atoms with E-state index in [1.165, 1.54) is 12.3 Å². The lowest BCUT2D eigenvalue weighted by Crippen LogP contribution is -2.07. The topological polar surface area (TPSA) is 64.1 Å². The smallest absolute Gasteiger partial charge is 0.247 e. The number of carbonyl (C=O) groups excluding carboxylic acids is 1. The van der Waals surface area contributed by atoms with E-state index in [-0.39, 0.29) is 22.1 Å². The summed E-state index contributed by atoms with van der Waals surface area (Å²) in [5, 5.41) is 2.87. The lowest BCUT2D eigenvalue weighted by Gasteiger charge is -2.08. The number of nitrogens with zero attached hydrogens (tertiary/aromatic N) is 2. The highest BCUT2D eigenvalue weighted by molar-refractivity contribution is 6.32. The first-order valence-electron chi connectivity index (χ1n) is 5.48. The van der Waals surface area contributed by atoms with Crippen molar-refractivity contribution < 1.29 is 9.53 Å². The highest BCUT2D eigenvalue weighted by Crippen LogP contribution is 2.28. The Hall–Kier alpha value is -2.11. The molecule has 1 amide bonds. The first kappa shape index (κ1) is 14.3. The molecule has 1 aromatic carbocycles. The summed E-state index contributed by atoms with van der Waals surface area (Å²) in [4.78, 5) is 18.8. The van der Waals surface area contributed by atoms with Gasteiger partial charge in [0, 0.05) is 11.8 Å². The molecule has 0 saturated heterocycles. The molecule has 0 atom stereocenters. The van der Waals surface area contributed by atoms with Crippen molar-refractivity contribution in [2.24, 2.45) is 0 Å². The summed E-state index contributed by atoms with van der Waals surface area (Å²) in [6.07, 6.45) is 2.52. The molecule has 0 unspecified atom stereocenters. The van der Waals surface area contributed by atoms with Crippen LogP contribution in [-0.4, -0.2) is 15.9 Å². The van der Waals surface area contributed by atoms with E-state index in [9.17, 15) is 4.79 Å². The second-order valence-corrected chi connectivity index (χ2v) is 4.36. The van der Waals surface area contributed by atoms with Crippen molar-refractivity contribution in [1.82, 2.24) is 9.97 Å². The maximum atomic E-state index is 11.2. The Kier molecular flexibility index (Phi) is 4.55. The number of ether oxygens (including phenoxy) is 1. The Morgan fingerprint density at radius 2 is 2.20 bits per heavy atom. The van der Waals surface area contributed by atoms with Crippen LogP contribution in [0.15, 0.2) is 43.1 Å². The van der Waals surface area contributed by atoms with Gasteiger partial charge in [0.05, 0.1) is 6.20 Å². The summed E-state index contributed by atoms with van der Waals surface area (Å²) in [6, 6.07) is 6.73. The number of rotatable bonds is 4. The molecule has 0 aliphatic heterocycles. The van der Waals surface area contributed by atoms with Gasteiger partial charge in [0.15, 0.2) is 0 Å². The summed E-state index contributed by atoms with van der Waals surface area (Å²) in [5.74, 6) is 0.271. The van der Waals surface area contributed by atoms with Crippen LogP contribution in [0.5, 0.6) is 11.6 Å². The molecule has 20 heavy (non-hydrogen) atoms. The molecular weight excluding hydrogens is 301 g/mol. The molecule has 2 aromatic rings. The minimum absolute atomic E-state index is 0.0283. The summed E-state index contributed by atoms with van der Waals surface area (Å²) in [5.41, 5.74) is 0.559. The molecule has 0 aliphatic rings. The molecule has 0 aliphatic carbocycles. The van der Waals surface area contributed by atoms with E-state index >= 15 is 0 Å². The average molecular weight is 310 g/mol. The SMILES string of the molecule is C=CC(=O)Nc1cccc(Oc2nc(Cl)ncc2Cl)c1. The summed E-state index contributed by atoms with van der Waals surface area (Å²) >= 11 is 11.6. The van der Waals surface area contributed by atoms with Crippen molar-refractivity contribution in [2.75, 3.05) is 5.32 Å². The van der Waals surface area contributed by atoms with Crippen LogP contribution in [0.3, 0.4) is 0 Å². The zero-order chi connectivity index (χ0) is 14.5. The molecular formula is C13H9Cl2N3O2. The van der Waals surface area contributed by atoms with E-state index in [0.29, 0.717) is 11.4 Å². The molecule has 0 radical (unpaired) electrons. The standard InChI is InChI=1S/C13H9Cl2N3O2/c1-2-11(19)17-8-4-3-5-9(6-8)20-12-10(14)7-16-13(15)18-12/h2-7H,1H2,(H,17,19). The number of hydrogen-bond acceptors (Lipinski definition) is 4. The molecule has 2 rings (SSSR count). The van der Waals surface area contributed by atoms with Crippen LogP contribution in [0.25, 0.3) is 0 Å². The predicted molar refractivity (Wildman–Crippen MR) is 77.4 cm³/mol. The van der Waals surface area contributed by atoms with Crippen molar-refractivity contribution in [2.45, 2.75) is 0 Å². The molecule has 1 N–H and O–H groups in total. The normalized spacial score (nSPS) is 9.90. The van der Waals surface area contributed by atoms with Gasteiger partial charge < -0.3 is 10.1 Å². The fourth-order valence-electron chi connectivity index (χ4n) is 1.35.